The number of aliphatic hydroxyl groups is 1. The molecular formula is C28H40N2O3. The highest BCUT2D eigenvalue weighted by atomic mass is 16.3. The molecule has 2 amide bonds. The first-order valence-corrected chi connectivity index (χ1v) is 13.3. The molecule has 0 bridgehead atoms. The standard InChI is InChI=1S/C28H40N2O3/c1-21(17-22-9-3-2-4-10-22)25(31)29-16-15-28(33,27(19-29)13-7-8-14-27)20-30-18-23-11-5-6-12-24(23)26(30)32/h5-6,11-12,21-22,33H,2-4,7-10,13-20H2,1H3/t21-,28?/m1/s1. The monoisotopic (exact) mass is 452 g/mol. The van der Waals surface area contributed by atoms with Crippen LogP contribution in [0.5, 0.6) is 0 Å². The van der Waals surface area contributed by atoms with Crippen LogP contribution < -0.4 is 0 Å². The van der Waals surface area contributed by atoms with Gasteiger partial charge in [-0.3, -0.25) is 9.59 Å². The second-order valence-corrected chi connectivity index (χ2v) is 11.5. The van der Waals surface area contributed by atoms with Gasteiger partial charge in [0.2, 0.25) is 5.91 Å². The zero-order chi connectivity index (χ0) is 23.1. The minimum absolute atomic E-state index is 0.0341. The molecular weight excluding hydrogens is 412 g/mol. The lowest BCUT2D eigenvalue weighted by Crippen LogP contribution is -2.64. The molecule has 2 saturated carbocycles. The first-order valence-electron chi connectivity index (χ1n) is 13.3. The lowest BCUT2D eigenvalue weighted by atomic mass is 9.65. The number of β-amino-alcohol motifs (C(OH)–C–C–N with tert-alkyl or cyclic N) is 1. The third kappa shape index (κ3) is 4.22. The predicted molar refractivity (Wildman–Crippen MR) is 129 cm³/mol. The van der Waals surface area contributed by atoms with E-state index in [9.17, 15) is 14.7 Å². The molecule has 5 nitrogen and oxygen atoms in total. The third-order valence-corrected chi connectivity index (χ3v) is 9.33. The van der Waals surface area contributed by atoms with E-state index in [1.807, 2.05) is 29.2 Å². The van der Waals surface area contributed by atoms with Gasteiger partial charge in [0.05, 0.1) is 12.1 Å². The van der Waals surface area contributed by atoms with Crippen molar-refractivity contribution in [2.45, 2.75) is 89.7 Å². The summed E-state index contributed by atoms with van der Waals surface area (Å²) in [4.78, 5) is 30.4. The average molecular weight is 453 g/mol. The number of benzene rings is 1. The summed E-state index contributed by atoms with van der Waals surface area (Å²) < 4.78 is 0. The van der Waals surface area contributed by atoms with E-state index in [-0.39, 0.29) is 23.1 Å². The summed E-state index contributed by atoms with van der Waals surface area (Å²) in [5.41, 5.74) is 0.604. The Kier molecular flexibility index (Phi) is 6.28. The van der Waals surface area contributed by atoms with Crippen LogP contribution in [0.2, 0.25) is 0 Å². The van der Waals surface area contributed by atoms with Crippen LogP contribution in [0.25, 0.3) is 0 Å². The van der Waals surface area contributed by atoms with Gasteiger partial charge in [-0.1, -0.05) is 70.1 Å². The van der Waals surface area contributed by atoms with E-state index in [2.05, 4.69) is 11.8 Å². The number of carbonyl (C=O) groups excluding carboxylic acids is 2. The van der Waals surface area contributed by atoms with Gasteiger partial charge < -0.3 is 14.9 Å². The fraction of sp³-hybridized carbons (Fsp3) is 0.714. The molecule has 5 rings (SSSR count). The van der Waals surface area contributed by atoms with Crippen molar-refractivity contribution in [3.63, 3.8) is 0 Å². The minimum atomic E-state index is -0.926. The van der Waals surface area contributed by atoms with Crippen molar-refractivity contribution in [1.29, 1.82) is 0 Å². The zero-order valence-corrected chi connectivity index (χ0v) is 20.2. The first-order chi connectivity index (χ1) is 15.9. The average Bonchev–Trinajstić information content (AvgIpc) is 3.42. The number of piperidine rings is 1. The first kappa shape index (κ1) is 22.9. The van der Waals surface area contributed by atoms with Gasteiger partial charge in [-0.25, -0.2) is 0 Å². The molecule has 2 aliphatic carbocycles. The quantitative estimate of drug-likeness (QED) is 0.700. The van der Waals surface area contributed by atoms with Crippen LogP contribution in [0, 0.1) is 17.3 Å². The molecule has 33 heavy (non-hydrogen) atoms. The summed E-state index contributed by atoms with van der Waals surface area (Å²) in [7, 11) is 0. The van der Waals surface area contributed by atoms with Crippen LogP contribution in [0.4, 0.5) is 0 Å². The molecule has 1 aromatic rings. The molecule has 2 aliphatic heterocycles. The van der Waals surface area contributed by atoms with E-state index >= 15 is 0 Å². The van der Waals surface area contributed by atoms with Gasteiger partial charge >= 0.3 is 0 Å². The van der Waals surface area contributed by atoms with Crippen LogP contribution in [0.15, 0.2) is 24.3 Å². The van der Waals surface area contributed by atoms with Gasteiger partial charge in [0.25, 0.3) is 5.91 Å². The predicted octanol–water partition coefficient (Wildman–Crippen LogP) is 4.77. The highest BCUT2D eigenvalue weighted by molar-refractivity contribution is 5.98. The number of likely N-dealkylation sites (tertiary alicyclic amines) is 1. The van der Waals surface area contributed by atoms with Crippen molar-refractivity contribution in [1.82, 2.24) is 9.80 Å². The lowest BCUT2D eigenvalue weighted by molar-refractivity contribution is -0.163. The van der Waals surface area contributed by atoms with E-state index in [1.54, 1.807) is 0 Å². The fourth-order valence-electron chi connectivity index (χ4n) is 7.38. The summed E-state index contributed by atoms with van der Waals surface area (Å²) in [6.07, 6.45) is 12.2. The van der Waals surface area contributed by atoms with E-state index in [0.29, 0.717) is 38.5 Å². The number of rotatable bonds is 5. The Labute approximate surface area is 198 Å². The van der Waals surface area contributed by atoms with E-state index in [4.69, 9.17) is 0 Å². The van der Waals surface area contributed by atoms with Crippen LogP contribution in [-0.4, -0.2) is 52.0 Å². The topological polar surface area (TPSA) is 60.9 Å². The molecule has 1 spiro atoms. The van der Waals surface area contributed by atoms with E-state index in [1.165, 1.54) is 32.1 Å². The van der Waals surface area contributed by atoms with Gasteiger partial charge in [0.15, 0.2) is 0 Å². The van der Waals surface area contributed by atoms with Crippen molar-refractivity contribution in [2.24, 2.45) is 17.3 Å². The summed E-state index contributed by atoms with van der Waals surface area (Å²) in [5.74, 6) is 1.07. The highest BCUT2D eigenvalue weighted by Gasteiger charge is 2.56. The third-order valence-electron chi connectivity index (χ3n) is 9.33. The maximum atomic E-state index is 13.4. The molecule has 2 atom stereocenters. The largest absolute Gasteiger partial charge is 0.387 e. The Balaban J connectivity index is 1.28. The molecule has 0 radical (unpaired) electrons. The molecule has 1 saturated heterocycles. The van der Waals surface area contributed by atoms with Crippen molar-refractivity contribution < 1.29 is 14.7 Å². The Morgan fingerprint density at radius 2 is 1.82 bits per heavy atom. The van der Waals surface area contributed by atoms with Crippen LogP contribution in [0.3, 0.4) is 0 Å². The van der Waals surface area contributed by atoms with Crippen molar-refractivity contribution in [3.05, 3.63) is 35.4 Å². The molecule has 4 aliphatic rings. The van der Waals surface area contributed by atoms with Crippen molar-refractivity contribution >= 4 is 11.8 Å². The number of nitrogens with zero attached hydrogens (tertiary/aromatic N) is 2. The number of hydrogen-bond acceptors (Lipinski definition) is 3. The summed E-state index contributed by atoms with van der Waals surface area (Å²) in [5, 5.41) is 12.0. The van der Waals surface area contributed by atoms with Gasteiger partial charge in [-0.05, 0) is 43.2 Å². The Morgan fingerprint density at radius 1 is 1.09 bits per heavy atom. The second-order valence-electron chi connectivity index (χ2n) is 11.5. The van der Waals surface area contributed by atoms with Gasteiger partial charge in [-0.2, -0.15) is 0 Å². The maximum absolute atomic E-state index is 13.4. The molecule has 2 heterocycles. The number of fused-ring (bicyclic) bond motifs is 1. The van der Waals surface area contributed by atoms with Crippen LogP contribution in [0.1, 0.15) is 93.5 Å². The minimum Gasteiger partial charge on any atom is -0.387 e. The van der Waals surface area contributed by atoms with Gasteiger partial charge in [0.1, 0.15) is 0 Å². The maximum Gasteiger partial charge on any atom is 0.254 e. The summed E-state index contributed by atoms with van der Waals surface area (Å²) in [6.45, 7) is 4.31. The smallest absolute Gasteiger partial charge is 0.254 e. The molecule has 0 aromatic heterocycles. The Morgan fingerprint density at radius 3 is 2.55 bits per heavy atom. The molecule has 1 aromatic carbocycles. The Bertz CT molecular complexity index is 887. The number of hydrogen-bond donors (Lipinski definition) is 1. The molecule has 180 valence electrons. The molecule has 1 unspecified atom stereocenters. The molecule has 5 heteroatoms. The van der Waals surface area contributed by atoms with E-state index in [0.717, 1.165) is 43.2 Å². The number of carbonyl (C=O) groups is 2. The van der Waals surface area contributed by atoms with Crippen molar-refractivity contribution in [3.8, 4) is 0 Å². The lowest BCUT2D eigenvalue weighted by Gasteiger charge is -2.53. The highest BCUT2D eigenvalue weighted by Crippen LogP contribution is 2.52. The summed E-state index contributed by atoms with van der Waals surface area (Å²) >= 11 is 0. The van der Waals surface area contributed by atoms with Crippen LogP contribution in [-0.2, 0) is 11.3 Å². The SMILES string of the molecule is C[C@H](CC1CCCCC1)C(=O)N1CCC(O)(CN2Cc3ccccc3C2=O)C2(CCCC2)C1. The fourth-order valence-corrected chi connectivity index (χ4v) is 7.38. The van der Waals surface area contributed by atoms with Gasteiger partial charge in [-0.15, -0.1) is 0 Å². The zero-order valence-electron chi connectivity index (χ0n) is 20.2. The normalized spacial score (nSPS) is 28.4. The Hall–Kier alpha value is -1.88. The van der Waals surface area contributed by atoms with E-state index < -0.39 is 5.60 Å². The summed E-state index contributed by atoms with van der Waals surface area (Å²) in [6, 6.07) is 7.78. The molecule has 3 fully saturated rings. The van der Waals surface area contributed by atoms with Crippen molar-refractivity contribution in [2.75, 3.05) is 19.6 Å². The molecule has 1 N–H and O–H groups in total. The second kappa shape index (κ2) is 9.05. The van der Waals surface area contributed by atoms with Crippen LogP contribution >= 0.6 is 0 Å². The number of amides is 2. The van der Waals surface area contributed by atoms with Gasteiger partial charge in [0, 0.05) is 36.5 Å².